The fourth-order valence-electron chi connectivity index (χ4n) is 4.24. The highest BCUT2D eigenvalue weighted by Gasteiger charge is 2.43. The van der Waals surface area contributed by atoms with E-state index in [0.29, 0.717) is 22.7 Å². The van der Waals surface area contributed by atoms with E-state index in [-0.39, 0.29) is 28.9 Å². The third kappa shape index (κ3) is 3.42. The van der Waals surface area contributed by atoms with Crippen molar-refractivity contribution in [2.75, 3.05) is 18.6 Å². The lowest BCUT2D eigenvalue weighted by atomic mass is 9.97. The Balaban J connectivity index is 1.76. The molecule has 1 amide bonds. The lowest BCUT2D eigenvalue weighted by molar-refractivity contribution is 0.0971. The van der Waals surface area contributed by atoms with Crippen molar-refractivity contribution in [3.8, 4) is 11.5 Å². The Morgan fingerprint density at radius 3 is 2.59 bits per heavy atom. The number of anilines is 1. The van der Waals surface area contributed by atoms with Crippen LogP contribution >= 0.6 is 0 Å². The minimum atomic E-state index is -0.809. The van der Waals surface area contributed by atoms with Gasteiger partial charge >= 0.3 is 0 Å². The summed E-state index contributed by atoms with van der Waals surface area (Å²) in [4.78, 5) is 28.6. The molecule has 0 saturated heterocycles. The first-order valence-corrected chi connectivity index (χ1v) is 10.6. The maximum absolute atomic E-state index is 14.0. The van der Waals surface area contributed by atoms with Gasteiger partial charge in [0.05, 0.1) is 24.1 Å². The average Bonchev–Trinajstić information content (AvgIpc) is 3.16. The molecule has 1 aromatic heterocycles. The Morgan fingerprint density at radius 2 is 1.85 bits per heavy atom. The van der Waals surface area contributed by atoms with Gasteiger partial charge in [-0.15, -0.1) is 0 Å². The number of halogens is 1. The number of ether oxygens (including phenoxy) is 2. The molecule has 5 rings (SSSR count). The number of para-hydroxylation sites is 1. The number of hydrogen-bond donors (Lipinski definition) is 0. The van der Waals surface area contributed by atoms with Crippen LogP contribution in [0.5, 0.6) is 11.5 Å². The molecule has 0 radical (unpaired) electrons. The van der Waals surface area contributed by atoms with Gasteiger partial charge in [0.25, 0.3) is 5.91 Å². The Labute approximate surface area is 194 Å². The first-order valence-electron chi connectivity index (χ1n) is 10.6. The highest BCUT2D eigenvalue weighted by atomic mass is 19.1. The van der Waals surface area contributed by atoms with Crippen LogP contribution in [0.1, 0.15) is 27.7 Å². The summed E-state index contributed by atoms with van der Waals surface area (Å²) in [5, 5.41) is 0.0735. The second kappa shape index (κ2) is 8.51. The number of methoxy groups -OCH3 is 1. The van der Waals surface area contributed by atoms with Crippen molar-refractivity contribution in [2.45, 2.75) is 6.04 Å². The van der Waals surface area contributed by atoms with Crippen LogP contribution in [0, 0.1) is 5.82 Å². The molecule has 0 fully saturated rings. The van der Waals surface area contributed by atoms with Crippen LogP contribution in [0.25, 0.3) is 11.0 Å². The van der Waals surface area contributed by atoms with Crippen LogP contribution in [0.4, 0.5) is 10.1 Å². The molecule has 0 N–H and O–H groups in total. The smallest absolute Gasteiger partial charge is 0.295 e. The quantitative estimate of drug-likeness (QED) is 0.370. The van der Waals surface area contributed by atoms with Gasteiger partial charge in [-0.05, 0) is 48.0 Å². The zero-order valence-electron chi connectivity index (χ0n) is 18.3. The second-order valence-corrected chi connectivity index (χ2v) is 7.74. The van der Waals surface area contributed by atoms with E-state index in [0.717, 1.165) is 6.07 Å². The SMILES string of the molecule is C=CCOc1ccc(C2c3c(oc4ccc(F)cc4c3=O)C(=O)N2c2ccccc2)cc1OC. The minimum absolute atomic E-state index is 0.0658. The molecule has 170 valence electrons. The van der Waals surface area contributed by atoms with Crippen molar-refractivity contribution in [3.63, 3.8) is 0 Å². The first-order chi connectivity index (χ1) is 16.5. The largest absolute Gasteiger partial charge is 0.493 e. The van der Waals surface area contributed by atoms with Gasteiger partial charge in [0, 0.05) is 5.69 Å². The molecule has 0 saturated carbocycles. The van der Waals surface area contributed by atoms with Crippen LogP contribution in [-0.2, 0) is 0 Å². The molecular formula is C27H20FNO5. The van der Waals surface area contributed by atoms with E-state index in [1.807, 2.05) is 6.07 Å². The standard InChI is InChI=1S/C27H20FNO5/c1-3-13-33-21-11-9-16(14-22(21)32-2)24-23-25(30)19-15-17(28)10-12-20(19)34-26(23)27(31)29(24)18-7-5-4-6-8-18/h3-12,14-15,24H,1,13H2,2H3. The van der Waals surface area contributed by atoms with Crippen LogP contribution in [0.3, 0.4) is 0 Å². The Kier molecular flexibility index (Phi) is 5.37. The number of amides is 1. The van der Waals surface area contributed by atoms with E-state index < -0.39 is 23.2 Å². The molecule has 2 heterocycles. The molecule has 0 spiro atoms. The Bertz CT molecular complexity index is 1480. The van der Waals surface area contributed by atoms with Crippen LogP contribution < -0.4 is 19.8 Å². The number of hydrogen-bond acceptors (Lipinski definition) is 5. The van der Waals surface area contributed by atoms with Crippen molar-refractivity contribution in [2.24, 2.45) is 0 Å². The number of fused-ring (bicyclic) bond motifs is 2. The van der Waals surface area contributed by atoms with Crippen molar-refractivity contribution in [3.05, 3.63) is 112 Å². The molecule has 1 atom stereocenters. The maximum Gasteiger partial charge on any atom is 0.295 e. The van der Waals surface area contributed by atoms with E-state index in [4.69, 9.17) is 13.9 Å². The third-order valence-electron chi connectivity index (χ3n) is 5.73. The van der Waals surface area contributed by atoms with E-state index in [1.54, 1.807) is 48.5 Å². The summed E-state index contributed by atoms with van der Waals surface area (Å²) in [5.74, 6) is -0.158. The summed E-state index contributed by atoms with van der Waals surface area (Å²) < 4.78 is 31.0. The molecule has 3 aromatic carbocycles. The lowest BCUT2D eigenvalue weighted by Crippen LogP contribution is -2.29. The van der Waals surface area contributed by atoms with Gasteiger partial charge < -0.3 is 13.9 Å². The molecule has 1 aliphatic rings. The van der Waals surface area contributed by atoms with Crippen LogP contribution in [-0.4, -0.2) is 19.6 Å². The molecule has 0 aliphatic carbocycles. The van der Waals surface area contributed by atoms with Gasteiger partial charge in [0.1, 0.15) is 18.0 Å². The summed E-state index contributed by atoms with van der Waals surface area (Å²) in [6, 6.07) is 17.1. The normalized spacial score (nSPS) is 14.8. The molecule has 0 bridgehead atoms. The van der Waals surface area contributed by atoms with Gasteiger partial charge in [-0.25, -0.2) is 4.39 Å². The summed E-state index contributed by atoms with van der Waals surface area (Å²) in [7, 11) is 1.51. The number of nitrogens with zero attached hydrogens (tertiary/aromatic N) is 1. The van der Waals surface area contributed by atoms with Gasteiger partial charge in [0.2, 0.25) is 5.76 Å². The number of rotatable bonds is 6. The summed E-state index contributed by atoms with van der Waals surface area (Å²) in [6.07, 6.45) is 1.62. The molecule has 7 heteroatoms. The van der Waals surface area contributed by atoms with Gasteiger partial charge in [0.15, 0.2) is 16.9 Å². The predicted molar refractivity (Wildman–Crippen MR) is 126 cm³/mol. The fourth-order valence-corrected chi connectivity index (χ4v) is 4.24. The zero-order chi connectivity index (χ0) is 23.8. The highest BCUT2D eigenvalue weighted by molar-refractivity contribution is 6.10. The minimum Gasteiger partial charge on any atom is -0.493 e. The van der Waals surface area contributed by atoms with Gasteiger partial charge in [-0.3, -0.25) is 14.5 Å². The molecule has 1 aliphatic heterocycles. The number of carbonyl (C=O) groups is 1. The highest BCUT2D eigenvalue weighted by Crippen LogP contribution is 2.43. The summed E-state index contributed by atoms with van der Waals surface area (Å²) >= 11 is 0. The number of benzene rings is 3. The predicted octanol–water partition coefficient (Wildman–Crippen LogP) is 5.26. The maximum atomic E-state index is 14.0. The van der Waals surface area contributed by atoms with E-state index in [9.17, 15) is 14.0 Å². The Hall–Kier alpha value is -4.39. The Morgan fingerprint density at radius 1 is 1.06 bits per heavy atom. The lowest BCUT2D eigenvalue weighted by Gasteiger charge is -2.25. The van der Waals surface area contributed by atoms with E-state index >= 15 is 0 Å². The van der Waals surface area contributed by atoms with E-state index in [1.165, 1.54) is 24.1 Å². The molecule has 1 unspecified atom stereocenters. The number of carbonyl (C=O) groups excluding carboxylic acids is 1. The summed E-state index contributed by atoms with van der Waals surface area (Å²) in [6.45, 7) is 3.94. The third-order valence-corrected chi connectivity index (χ3v) is 5.73. The fraction of sp³-hybridized carbons (Fsp3) is 0.111. The second-order valence-electron chi connectivity index (χ2n) is 7.74. The molecule has 6 nitrogen and oxygen atoms in total. The molecule has 4 aromatic rings. The molecular weight excluding hydrogens is 437 g/mol. The van der Waals surface area contributed by atoms with Gasteiger partial charge in [-0.2, -0.15) is 0 Å². The monoisotopic (exact) mass is 457 g/mol. The van der Waals surface area contributed by atoms with Crippen molar-refractivity contribution in [1.29, 1.82) is 0 Å². The average molecular weight is 457 g/mol. The van der Waals surface area contributed by atoms with Crippen molar-refractivity contribution in [1.82, 2.24) is 0 Å². The molecule has 34 heavy (non-hydrogen) atoms. The zero-order valence-corrected chi connectivity index (χ0v) is 18.3. The summed E-state index contributed by atoms with van der Waals surface area (Å²) in [5.41, 5.74) is 1.04. The van der Waals surface area contributed by atoms with Crippen molar-refractivity contribution < 1.29 is 23.1 Å². The first kappa shape index (κ1) is 21.5. The topological polar surface area (TPSA) is 69.0 Å². The van der Waals surface area contributed by atoms with E-state index in [2.05, 4.69) is 6.58 Å². The van der Waals surface area contributed by atoms with Crippen molar-refractivity contribution >= 4 is 22.6 Å². The van der Waals surface area contributed by atoms with Crippen LogP contribution in [0.15, 0.2) is 88.6 Å². The van der Waals surface area contributed by atoms with Gasteiger partial charge in [-0.1, -0.05) is 36.9 Å². The van der Waals surface area contributed by atoms with Crippen LogP contribution in [0.2, 0.25) is 0 Å².